The minimum atomic E-state index is 0.314. The van der Waals surface area contributed by atoms with Crippen LogP contribution in [0.2, 0.25) is 0 Å². The number of hydrogen-bond donors (Lipinski definition) is 1. The highest BCUT2D eigenvalue weighted by Gasteiger charge is 2.14. The zero-order chi connectivity index (χ0) is 14.7. The van der Waals surface area contributed by atoms with Gasteiger partial charge in [0.25, 0.3) is 0 Å². The summed E-state index contributed by atoms with van der Waals surface area (Å²) in [5.74, 6) is 0. The van der Waals surface area contributed by atoms with Gasteiger partial charge in [-0.15, -0.1) is 0 Å². The van der Waals surface area contributed by atoms with Crippen LogP contribution in [0.1, 0.15) is 36.7 Å². The lowest BCUT2D eigenvalue weighted by molar-refractivity contribution is 0.476. The maximum absolute atomic E-state index is 4.40. The third-order valence-electron chi connectivity index (χ3n) is 3.51. The molecular formula is C16H22BrN3. The van der Waals surface area contributed by atoms with Crippen molar-refractivity contribution in [1.82, 2.24) is 15.1 Å². The number of halogens is 1. The van der Waals surface area contributed by atoms with Crippen LogP contribution in [-0.2, 0) is 13.5 Å². The van der Waals surface area contributed by atoms with Gasteiger partial charge in [0, 0.05) is 35.4 Å². The lowest BCUT2D eigenvalue weighted by Gasteiger charge is -2.20. The van der Waals surface area contributed by atoms with Crippen LogP contribution in [0.15, 0.2) is 34.9 Å². The summed E-state index contributed by atoms with van der Waals surface area (Å²) in [4.78, 5) is 0. The van der Waals surface area contributed by atoms with Crippen molar-refractivity contribution in [2.75, 3.05) is 0 Å². The monoisotopic (exact) mass is 335 g/mol. The van der Waals surface area contributed by atoms with E-state index in [1.165, 1.54) is 11.1 Å². The third kappa shape index (κ3) is 3.93. The van der Waals surface area contributed by atoms with E-state index in [0.29, 0.717) is 12.1 Å². The van der Waals surface area contributed by atoms with Crippen molar-refractivity contribution in [1.29, 1.82) is 0 Å². The largest absolute Gasteiger partial charge is 0.307 e. The highest BCUT2D eigenvalue weighted by Crippen LogP contribution is 2.17. The molecule has 4 heteroatoms. The Balaban J connectivity index is 1.95. The van der Waals surface area contributed by atoms with Gasteiger partial charge in [0.1, 0.15) is 0 Å². The predicted octanol–water partition coefficient (Wildman–Crippen LogP) is 3.77. The van der Waals surface area contributed by atoms with E-state index in [1.54, 1.807) is 0 Å². The van der Waals surface area contributed by atoms with Gasteiger partial charge in [0.15, 0.2) is 0 Å². The van der Waals surface area contributed by atoms with E-state index in [2.05, 4.69) is 77.6 Å². The summed E-state index contributed by atoms with van der Waals surface area (Å²) >= 11 is 3.47. The van der Waals surface area contributed by atoms with Gasteiger partial charge in [-0.1, -0.05) is 28.1 Å². The predicted molar refractivity (Wildman–Crippen MR) is 86.8 cm³/mol. The molecule has 0 saturated heterocycles. The van der Waals surface area contributed by atoms with Gasteiger partial charge in [0.2, 0.25) is 0 Å². The SMILES string of the molecule is Cc1nn(C)cc1C(C)NC(C)Cc1ccc(Br)cc1. The van der Waals surface area contributed by atoms with Crippen molar-refractivity contribution in [3.8, 4) is 0 Å². The molecule has 0 aliphatic carbocycles. The number of aromatic nitrogens is 2. The Hall–Kier alpha value is -1.13. The molecule has 0 radical (unpaired) electrons. The fourth-order valence-electron chi connectivity index (χ4n) is 2.59. The normalized spacial score (nSPS) is 14.2. The Morgan fingerprint density at radius 2 is 1.90 bits per heavy atom. The Labute approximate surface area is 129 Å². The molecule has 0 aliphatic rings. The van der Waals surface area contributed by atoms with Crippen LogP contribution >= 0.6 is 15.9 Å². The number of nitrogens with one attached hydrogen (secondary N) is 1. The summed E-state index contributed by atoms with van der Waals surface area (Å²) < 4.78 is 3.00. The van der Waals surface area contributed by atoms with Crippen molar-refractivity contribution >= 4 is 15.9 Å². The molecule has 1 aromatic heterocycles. The molecule has 108 valence electrons. The van der Waals surface area contributed by atoms with Gasteiger partial charge < -0.3 is 5.32 Å². The van der Waals surface area contributed by atoms with Crippen molar-refractivity contribution < 1.29 is 0 Å². The number of aryl methyl sites for hydroxylation is 2. The Morgan fingerprint density at radius 1 is 1.25 bits per heavy atom. The van der Waals surface area contributed by atoms with E-state index in [9.17, 15) is 0 Å². The zero-order valence-electron chi connectivity index (χ0n) is 12.5. The molecule has 0 aliphatic heterocycles. The topological polar surface area (TPSA) is 29.9 Å². The number of rotatable bonds is 5. The van der Waals surface area contributed by atoms with Crippen LogP contribution in [0.25, 0.3) is 0 Å². The molecule has 1 heterocycles. The van der Waals surface area contributed by atoms with Gasteiger partial charge >= 0.3 is 0 Å². The van der Waals surface area contributed by atoms with Gasteiger partial charge in [0.05, 0.1) is 5.69 Å². The van der Waals surface area contributed by atoms with Gasteiger partial charge in [-0.25, -0.2) is 0 Å². The number of hydrogen-bond acceptors (Lipinski definition) is 2. The molecule has 0 spiro atoms. The molecule has 2 atom stereocenters. The summed E-state index contributed by atoms with van der Waals surface area (Å²) in [5.41, 5.74) is 3.72. The quantitative estimate of drug-likeness (QED) is 0.901. The summed E-state index contributed by atoms with van der Waals surface area (Å²) in [6.45, 7) is 6.49. The summed E-state index contributed by atoms with van der Waals surface area (Å²) in [5, 5.41) is 8.05. The Kier molecular flexibility index (Phi) is 5.00. The number of nitrogens with zero attached hydrogens (tertiary/aromatic N) is 2. The molecule has 0 bridgehead atoms. The molecule has 2 aromatic rings. The maximum Gasteiger partial charge on any atom is 0.0641 e. The molecule has 20 heavy (non-hydrogen) atoms. The first-order valence-corrected chi connectivity index (χ1v) is 7.75. The zero-order valence-corrected chi connectivity index (χ0v) is 14.1. The van der Waals surface area contributed by atoms with E-state index in [-0.39, 0.29) is 0 Å². The van der Waals surface area contributed by atoms with Crippen molar-refractivity contribution in [3.05, 3.63) is 51.8 Å². The fourth-order valence-corrected chi connectivity index (χ4v) is 2.86. The Bertz CT molecular complexity index is 560. The van der Waals surface area contributed by atoms with E-state index in [1.807, 2.05) is 11.7 Å². The minimum Gasteiger partial charge on any atom is -0.307 e. The molecule has 2 rings (SSSR count). The van der Waals surface area contributed by atoms with E-state index in [4.69, 9.17) is 0 Å². The molecule has 3 nitrogen and oxygen atoms in total. The lowest BCUT2D eigenvalue weighted by atomic mass is 10.0. The highest BCUT2D eigenvalue weighted by atomic mass is 79.9. The standard InChI is InChI=1S/C16H22BrN3/c1-11(9-14-5-7-15(17)8-6-14)18-12(2)16-10-20(4)19-13(16)3/h5-8,10-12,18H,9H2,1-4H3. The number of benzene rings is 1. The molecular weight excluding hydrogens is 314 g/mol. The fraction of sp³-hybridized carbons (Fsp3) is 0.438. The van der Waals surface area contributed by atoms with Gasteiger partial charge in [-0.3, -0.25) is 4.68 Å². The van der Waals surface area contributed by atoms with Crippen LogP contribution in [-0.4, -0.2) is 15.8 Å². The summed E-state index contributed by atoms with van der Waals surface area (Å²) in [6, 6.07) is 9.26. The highest BCUT2D eigenvalue weighted by molar-refractivity contribution is 9.10. The lowest BCUT2D eigenvalue weighted by Crippen LogP contribution is -2.30. The van der Waals surface area contributed by atoms with Gasteiger partial charge in [-0.05, 0) is 44.9 Å². The third-order valence-corrected chi connectivity index (χ3v) is 4.04. The molecule has 1 N–H and O–H groups in total. The molecule has 0 saturated carbocycles. The van der Waals surface area contributed by atoms with Crippen LogP contribution in [0.5, 0.6) is 0 Å². The second-order valence-electron chi connectivity index (χ2n) is 5.46. The molecule has 0 amide bonds. The first kappa shape index (κ1) is 15.3. The second kappa shape index (κ2) is 6.55. The smallest absolute Gasteiger partial charge is 0.0641 e. The van der Waals surface area contributed by atoms with Crippen molar-refractivity contribution in [2.45, 2.75) is 39.3 Å². The van der Waals surface area contributed by atoms with Crippen LogP contribution < -0.4 is 5.32 Å². The molecule has 1 aromatic carbocycles. The Morgan fingerprint density at radius 3 is 2.45 bits per heavy atom. The first-order valence-electron chi connectivity index (χ1n) is 6.96. The first-order chi connectivity index (χ1) is 9.45. The minimum absolute atomic E-state index is 0.314. The molecule has 0 fully saturated rings. The van der Waals surface area contributed by atoms with Crippen LogP contribution in [0, 0.1) is 6.92 Å². The summed E-state index contributed by atoms with van der Waals surface area (Å²) in [6.07, 6.45) is 3.12. The van der Waals surface area contributed by atoms with Crippen LogP contribution in [0.3, 0.4) is 0 Å². The van der Waals surface area contributed by atoms with Crippen molar-refractivity contribution in [3.63, 3.8) is 0 Å². The van der Waals surface area contributed by atoms with E-state index in [0.717, 1.165) is 16.6 Å². The van der Waals surface area contributed by atoms with E-state index >= 15 is 0 Å². The average molecular weight is 336 g/mol. The second-order valence-corrected chi connectivity index (χ2v) is 6.38. The summed E-state index contributed by atoms with van der Waals surface area (Å²) in [7, 11) is 1.97. The maximum atomic E-state index is 4.40. The van der Waals surface area contributed by atoms with Crippen LogP contribution in [0.4, 0.5) is 0 Å². The van der Waals surface area contributed by atoms with E-state index < -0.39 is 0 Å². The molecule has 2 unspecified atom stereocenters. The van der Waals surface area contributed by atoms with Gasteiger partial charge in [-0.2, -0.15) is 5.10 Å². The average Bonchev–Trinajstić information content (AvgIpc) is 2.71. The van der Waals surface area contributed by atoms with Crippen molar-refractivity contribution in [2.24, 2.45) is 7.05 Å².